The fraction of sp³-hybridized carbons (Fsp3) is 0.200. The lowest BCUT2D eigenvalue weighted by Crippen LogP contribution is -2.08. The fourth-order valence-corrected chi connectivity index (χ4v) is 4.55. The molecule has 3 heteroatoms. The summed E-state index contributed by atoms with van der Waals surface area (Å²) in [4.78, 5) is 0. The van der Waals surface area contributed by atoms with Crippen LogP contribution in [0.2, 0.25) is 0 Å². The van der Waals surface area contributed by atoms with Gasteiger partial charge in [-0.3, -0.25) is 0 Å². The molecule has 2 nitrogen and oxygen atoms in total. The van der Waals surface area contributed by atoms with E-state index in [0.717, 1.165) is 11.3 Å². The number of halogens is 1. The van der Waals surface area contributed by atoms with Crippen LogP contribution in [0.3, 0.4) is 0 Å². The normalized spacial score (nSPS) is 11.5. The first-order chi connectivity index (χ1) is 13.6. The van der Waals surface area contributed by atoms with Gasteiger partial charge in [-0.1, -0.05) is 54.6 Å². The summed E-state index contributed by atoms with van der Waals surface area (Å²) in [5.74, 6) is 0.915. The van der Waals surface area contributed by atoms with E-state index in [1.807, 2.05) is 0 Å². The van der Waals surface area contributed by atoms with Crippen LogP contribution < -0.4 is 4.74 Å². The summed E-state index contributed by atoms with van der Waals surface area (Å²) in [6.07, 6.45) is 0.0971. The summed E-state index contributed by atoms with van der Waals surface area (Å²) in [6.45, 7) is 4.70. The highest BCUT2D eigenvalue weighted by molar-refractivity contribution is 14.1. The van der Waals surface area contributed by atoms with E-state index < -0.39 is 0 Å². The zero-order chi connectivity index (χ0) is 19.7. The van der Waals surface area contributed by atoms with Gasteiger partial charge in [0.05, 0.1) is 12.7 Å². The van der Waals surface area contributed by atoms with Crippen LogP contribution in [-0.2, 0) is 11.3 Å². The Morgan fingerprint density at radius 2 is 1.46 bits per heavy atom. The minimum atomic E-state index is 0.0971. The van der Waals surface area contributed by atoms with Crippen LogP contribution in [0.4, 0.5) is 0 Å². The molecule has 0 amide bonds. The Hall–Kier alpha value is -2.11. The largest absolute Gasteiger partial charge is 0.490 e. The first-order valence-electron chi connectivity index (χ1n) is 9.48. The average molecular weight is 482 g/mol. The van der Waals surface area contributed by atoms with E-state index in [1.165, 1.54) is 36.2 Å². The molecule has 0 aliphatic rings. The number of methoxy groups -OCH3 is 1. The van der Waals surface area contributed by atoms with Crippen molar-refractivity contribution in [2.24, 2.45) is 0 Å². The number of hydrogen-bond acceptors (Lipinski definition) is 2. The summed E-state index contributed by atoms with van der Waals surface area (Å²) < 4.78 is 13.1. The van der Waals surface area contributed by atoms with Gasteiger partial charge in [0.2, 0.25) is 0 Å². The molecule has 0 saturated carbocycles. The van der Waals surface area contributed by atoms with E-state index >= 15 is 0 Å². The molecule has 0 fully saturated rings. The lowest BCUT2D eigenvalue weighted by Gasteiger charge is -2.21. The van der Waals surface area contributed by atoms with Crippen molar-refractivity contribution >= 4 is 44.1 Å². The van der Waals surface area contributed by atoms with Crippen LogP contribution in [0.25, 0.3) is 32.7 Å². The van der Waals surface area contributed by atoms with Crippen LogP contribution in [0.1, 0.15) is 19.4 Å². The van der Waals surface area contributed by atoms with Gasteiger partial charge in [-0.15, -0.1) is 0 Å². The van der Waals surface area contributed by atoms with Gasteiger partial charge < -0.3 is 9.47 Å². The van der Waals surface area contributed by atoms with Crippen molar-refractivity contribution in [3.05, 3.63) is 75.9 Å². The SMILES string of the molecule is COCc1c(I)cc2ccccc2c1-c1c(OC(C)C)ccc2ccccc12. The van der Waals surface area contributed by atoms with E-state index in [9.17, 15) is 0 Å². The Kier molecular flexibility index (Phi) is 5.56. The topological polar surface area (TPSA) is 18.5 Å². The molecule has 0 atom stereocenters. The second-order valence-electron chi connectivity index (χ2n) is 7.19. The molecule has 28 heavy (non-hydrogen) atoms. The monoisotopic (exact) mass is 482 g/mol. The van der Waals surface area contributed by atoms with Crippen molar-refractivity contribution in [1.29, 1.82) is 0 Å². The maximum atomic E-state index is 6.29. The number of hydrogen-bond donors (Lipinski definition) is 0. The van der Waals surface area contributed by atoms with Gasteiger partial charge in [0.1, 0.15) is 5.75 Å². The van der Waals surface area contributed by atoms with Crippen LogP contribution in [0.15, 0.2) is 66.7 Å². The molecule has 0 N–H and O–H groups in total. The third-order valence-corrected chi connectivity index (χ3v) is 5.86. The van der Waals surface area contributed by atoms with Crippen molar-refractivity contribution in [1.82, 2.24) is 0 Å². The molecule has 4 aromatic carbocycles. The number of rotatable bonds is 5. The molecule has 4 rings (SSSR count). The Morgan fingerprint density at radius 3 is 2.14 bits per heavy atom. The second-order valence-corrected chi connectivity index (χ2v) is 8.35. The van der Waals surface area contributed by atoms with Gasteiger partial charge in [-0.2, -0.15) is 0 Å². The maximum Gasteiger partial charge on any atom is 0.128 e. The minimum absolute atomic E-state index is 0.0971. The van der Waals surface area contributed by atoms with E-state index in [4.69, 9.17) is 9.47 Å². The van der Waals surface area contributed by atoms with Crippen molar-refractivity contribution in [2.45, 2.75) is 26.6 Å². The summed E-state index contributed by atoms with van der Waals surface area (Å²) in [5.41, 5.74) is 3.55. The maximum absolute atomic E-state index is 6.29. The molecule has 0 spiro atoms. The molecule has 0 unspecified atom stereocenters. The predicted molar refractivity (Wildman–Crippen MR) is 126 cm³/mol. The molecule has 0 bridgehead atoms. The van der Waals surface area contributed by atoms with Crippen LogP contribution >= 0.6 is 22.6 Å². The highest BCUT2D eigenvalue weighted by Gasteiger charge is 2.20. The molecule has 0 aromatic heterocycles. The zero-order valence-corrected chi connectivity index (χ0v) is 18.5. The summed E-state index contributed by atoms with van der Waals surface area (Å²) >= 11 is 2.42. The quantitative estimate of drug-likeness (QED) is 0.280. The third-order valence-electron chi connectivity index (χ3n) is 4.89. The minimum Gasteiger partial charge on any atom is -0.490 e. The Labute approximate surface area is 179 Å². The lowest BCUT2D eigenvalue weighted by molar-refractivity contribution is 0.184. The van der Waals surface area contributed by atoms with Gasteiger partial charge in [-0.25, -0.2) is 0 Å². The summed E-state index contributed by atoms with van der Waals surface area (Å²) in [7, 11) is 1.75. The summed E-state index contributed by atoms with van der Waals surface area (Å²) in [6, 6.07) is 23.6. The summed E-state index contributed by atoms with van der Waals surface area (Å²) in [5, 5.41) is 4.86. The zero-order valence-electron chi connectivity index (χ0n) is 16.3. The smallest absolute Gasteiger partial charge is 0.128 e. The van der Waals surface area contributed by atoms with E-state index in [-0.39, 0.29) is 6.10 Å². The van der Waals surface area contributed by atoms with Crippen LogP contribution in [0, 0.1) is 3.57 Å². The van der Waals surface area contributed by atoms with Gasteiger partial charge in [0.25, 0.3) is 0 Å². The van der Waals surface area contributed by atoms with Gasteiger partial charge in [-0.05, 0) is 75.7 Å². The van der Waals surface area contributed by atoms with Crippen molar-refractivity contribution in [3.63, 3.8) is 0 Å². The molecule has 4 aromatic rings. The van der Waals surface area contributed by atoms with Gasteiger partial charge in [0, 0.05) is 21.8 Å². The number of fused-ring (bicyclic) bond motifs is 2. The van der Waals surface area contributed by atoms with Crippen molar-refractivity contribution in [2.75, 3.05) is 7.11 Å². The Balaban J connectivity index is 2.18. The molecule has 0 aliphatic carbocycles. The molecular formula is C25H23IO2. The van der Waals surface area contributed by atoms with E-state index in [0.29, 0.717) is 6.61 Å². The highest BCUT2D eigenvalue weighted by Crippen LogP contribution is 2.44. The fourth-order valence-electron chi connectivity index (χ4n) is 3.79. The van der Waals surface area contributed by atoms with Gasteiger partial charge >= 0.3 is 0 Å². The van der Waals surface area contributed by atoms with Crippen LogP contribution in [-0.4, -0.2) is 13.2 Å². The standard InChI is InChI=1S/C25H23IO2/c1-16(2)28-23-13-12-17-8-4-6-10-19(17)25(23)24-20-11-7-5-9-18(20)14-22(26)21(24)15-27-3/h4-14,16H,15H2,1-3H3. The first-order valence-corrected chi connectivity index (χ1v) is 10.6. The van der Waals surface area contributed by atoms with E-state index in [1.54, 1.807) is 7.11 Å². The average Bonchev–Trinajstić information content (AvgIpc) is 2.69. The molecule has 0 aliphatic heterocycles. The van der Waals surface area contributed by atoms with E-state index in [2.05, 4.69) is 103 Å². The van der Waals surface area contributed by atoms with Crippen LogP contribution in [0.5, 0.6) is 5.75 Å². The first kappa shape index (κ1) is 19.2. The number of ether oxygens (including phenoxy) is 2. The highest BCUT2D eigenvalue weighted by atomic mass is 127. The molecular weight excluding hydrogens is 459 g/mol. The molecule has 0 saturated heterocycles. The lowest BCUT2D eigenvalue weighted by atomic mass is 9.89. The second kappa shape index (κ2) is 8.10. The Morgan fingerprint density at radius 1 is 0.821 bits per heavy atom. The Bertz CT molecular complexity index is 1150. The van der Waals surface area contributed by atoms with Crippen molar-refractivity contribution in [3.8, 4) is 16.9 Å². The third kappa shape index (κ3) is 3.49. The van der Waals surface area contributed by atoms with Crippen molar-refractivity contribution < 1.29 is 9.47 Å². The molecule has 0 heterocycles. The molecule has 0 radical (unpaired) electrons. The molecule has 142 valence electrons. The predicted octanol–water partition coefficient (Wildman–Crippen LogP) is 7.20. The number of benzene rings is 4. The van der Waals surface area contributed by atoms with Gasteiger partial charge in [0.15, 0.2) is 0 Å².